The molecule has 2 heterocycles. The lowest BCUT2D eigenvalue weighted by Crippen LogP contribution is -2.17. The van der Waals surface area contributed by atoms with Crippen LogP contribution in [0.15, 0.2) is 16.7 Å². The SMILES string of the molecule is Nn1c(SCC(=O)Nc2nccs2)nnc1C1CC1. The number of hydrogen-bond acceptors (Lipinski definition) is 7. The number of amides is 1. The minimum absolute atomic E-state index is 0.129. The molecular formula is C10H12N6OS2. The zero-order valence-electron chi connectivity index (χ0n) is 9.94. The van der Waals surface area contributed by atoms with Crippen molar-refractivity contribution in [3.05, 3.63) is 17.4 Å². The Morgan fingerprint density at radius 2 is 2.42 bits per heavy atom. The number of nitrogens with two attached hydrogens (primary N) is 1. The fraction of sp³-hybridized carbons (Fsp3) is 0.400. The van der Waals surface area contributed by atoms with Gasteiger partial charge in [-0.15, -0.1) is 21.5 Å². The van der Waals surface area contributed by atoms with E-state index in [1.165, 1.54) is 27.8 Å². The summed E-state index contributed by atoms with van der Waals surface area (Å²) in [7, 11) is 0. The Morgan fingerprint density at radius 1 is 1.58 bits per heavy atom. The van der Waals surface area contributed by atoms with Gasteiger partial charge in [-0.25, -0.2) is 9.66 Å². The Labute approximate surface area is 117 Å². The van der Waals surface area contributed by atoms with E-state index in [-0.39, 0.29) is 11.7 Å². The van der Waals surface area contributed by atoms with Gasteiger partial charge in [-0.05, 0) is 12.8 Å². The van der Waals surface area contributed by atoms with Gasteiger partial charge in [-0.3, -0.25) is 4.79 Å². The maximum Gasteiger partial charge on any atom is 0.236 e. The van der Waals surface area contributed by atoms with Gasteiger partial charge < -0.3 is 11.2 Å². The second kappa shape index (κ2) is 5.17. The van der Waals surface area contributed by atoms with Crippen LogP contribution in [0, 0.1) is 0 Å². The van der Waals surface area contributed by atoms with E-state index in [1.807, 2.05) is 0 Å². The number of carbonyl (C=O) groups is 1. The van der Waals surface area contributed by atoms with Crippen molar-refractivity contribution >= 4 is 34.1 Å². The summed E-state index contributed by atoms with van der Waals surface area (Å²) in [5.41, 5.74) is 0. The number of rotatable bonds is 5. The van der Waals surface area contributed by atoms with Crippen LogP contribution < -0.4 is 11.2 Å². The second-order valence-electron chi connectivity index (χ2n) is 4.16. The molecule has 19 heavy (non-hydrogen) atoms. The average Bonchev–Trinajstić information content (AvgIpc) is 2.98. The lowest BCUT2D eigenvalue weighted by Gasteiger charge is -2.02. The number of thioether (sulfide) groups is 1. The van der Waals surface area contributed by atoms with Crippen molar-refractivity contribution in [3.8, 4) is 0 Å². The largest absolute Gasteiger partial charge is 0.336 e. The van der Waals surface area contributed by atoms with E-state index >= 15 is 0 Å². The van der Waals surface area contributed by atoms with Crippen LogP contribution in [0.2, 0.25) is 0 Å². The molecule has 3 rings (SSSR count). The van der Waals surface area contributed by atoms with Gasteiger partial charge in [0.05, 0.1) is 5.75 Å². The molecule has 0 bridgehead atoms. The van der Waals surface area contributed by atoms with Crippen LogP contribution in [-0.2, 0) is 4.79 Å². The minimum atomic E-state index is -0.129. The minimum Gasteiger partial charge on any atom is -0.336 e. The molecule has 0 atom stereocenters. The first kappa shape index (κ1) is 12.4. The predicted molar refractivity (Wildman–Crippen MR) is 73.6 cm³/mol. The molecule has 100 valence electrons. The quantitative estimate of drug-likeness (QED) is 0.632. The lowest BCUT2D eigenvalue weighted by molar-refractivity contribution is -0.113. The molecule has 9 heteroatoms. The maximum atomic E-state index is 11.7. The monoisotopic (exact) mass is 296 g/mol. The van der Waals surface area contributed by atoms with Gasteiger partial charge in [-0.1, -0.05) is 11.8 Å². The molecule has 3 N–H and O–H groups in total. The number of anilines is 1. The Morgan fingerprint density at radius 3 is 3.11 bits per heavy atom. The van der Waals surface area contributed by atoms with Gasteiger partial charge in [0.25, 0.3) is 0 Å². The lowest BCUT2D eigenvalue weighted by atomic mass is 10.4. The first-order valence-electron chi connectivity index (χ1n) is 5.76. The fourth-order valence-corrected chi connectivity index (χ4v) is 2.79. The number of nitrogens with zero attached hydrogens (tertiary/aromatic N) is 4. The summed E-state index contributed by atoms with van der Waals surface area (Å²) in [6.45, 7) is 0. The first-order chi connectivity index (χ1) is 9.24. The van der Waals surface area contributed by atoms with E-state index in [1.54, 1.807) is 11.6 Å². The zero-order chi connectivity index (χ0) is 13.2. The fourth-order valence-electron chi connectivity index (χ4n) is 1.58. The van der Waals surface area contributed by atoms with Crippen LogP contribution in [0.1, 0.15) is 24.6 Å². The third-order valence-electron chi connectivity index (χ3n) is 2.64. The highest BCUT2D eigenvalue weighted by Crippen LogP contribution is 2.39. The molecule has 1 aliphatic rings. The van der Waals surface area contributed by atoms with Crippen molar-refractivity contribution in [1.82, 2.24) is 19.9 Å². The van der Waals surface area contributed by atoms with E-state index in [9.17, 15) is 4.79 Å². The molecule has 7 nitrogen and oxygen atoms in total. The van der Waals surface area contributed by atoms with Crippen LogP contribution in [0.4, 0.5) is 5.13 Å². The maximum absolute atomic E-state index is 11.7. The molecule has 0 unspecified atom stereocenters. The third kappa shape index (κ3) is 2.87. The van der Waals surface area contributed by atoms with Crippen LogP contribution in [0.25, 0.3) is 0 Å². The molecule has 0 aliphatic heterocycles. The smallest absolute Gasteiger partial charge is 0.236 e. The van der Waals surface area contributed by atoms with E-state index in [0.29, 0.717) is 16.2 Å². The number of nitrogen functional groups attached to an aromatic ring is 1. The molecular weight excluding hydrogens is 284 g/mol. The third-order valence-corrected chi connectivity index (χ3v) is 4.28. The Kier molecular flexibility index (Phi) is 3.38. The van der Waals surface area contributed by atoms with Gasteiger partial charge in [0, 0.05) is 17.5 Å². The molecule has 0 saturated heterocycles. The van der Waals surface area contributed by atoms with E-state index in [2.05, 4.69) is 20.5 Å². The van der Waals surface area contributed by atoms with Crippen LogP contribution in [0.5, 0.6) is 0 Å². The van der Waals surface area contributed by atoms with E-state index < -0.39 is 0 Å². The van der Waals surface area contributed by atoms with Crippen molar-refractivity contribution in [1.29, 1.82) is 0 Å². The number of carbonyl (C=O) groups excluding carboxylic acids is 1. The summed E-state index contributed by atoms with van der Waals surface area (Å²) in [5, 5.41) is 13.7. The Balaban J connectivity index is 1.55. The highest BCUT2D eigenvalue weighted by molar-refractivity contribution is 7.99. The Hall–Kier alpha value is -1.61. The van der Waals surface area contributed by atoms with Crippen molar-refractivity contribution in [2.75, 3.05) is 16.9 Å². The van der Waals surface area contributed by atoms with E-state index in [0.717, 1.165) is 18.7 Å². The highest BCUT2D eigenvalue weighted by atomic mass is 32.2. The summed E-state index contributed by atoms with van der Waals surface area (Å²) in [6.07, 6.45) is 3.88. The second-order valence-corrected chi connectivity index (χ2v) is 6.00. The Bertz CT molecular complexity index is 577. The summed E-state index contributed by atoms with van der Waals surface area (Å²) >= 11 is 2.65. The van der Waals surface area contributed by atoms with Crippen LogP contribution in [-0.4, -0.2) is 31.5 Å². The molecule has 0 spiro atoms. The highest BCUT2D eigenvalue weighted by Gasteiger charge is 2.29. The molecule has 2 aromatic heterocycles. The molecule has 1 aliphatic carbocycles. The number of nitrogens with one attached hydrogen (secondary N) is 1. The van der Waals surface area contributed by atoms with Gasteiger partial charge in [0.15, 0.2) is 11.0 Å². The molecule has 1 amide bonds. The number of hydrogen-bond donors (Lipinski definition) is 2. The topological polar surface area (TPSA) is 98.7 Å². The predicted octanol–water partition coefficient (Wildman–Crippen LogP) is 1.06. The summed E-state index contributed by atoms with van der Waals surface area (Å²) in [4.78, 5) is 15.7. The number of aromatic nitrogens is 4. The summed E-state index contributed by atoms with van der Waals surface area (Å²) in [6, 6.07) is 0. The molecule has 0 aromatic carbocycles. The van der Waals surface area contributed by atoms with E-state index in [4.69, 9.17) is 5.84 Å². The average molecular weight is 296 g/mol. The van der Waals surface area contributed by atoms with Crippen LogP contribution in [0.3, 0.4) is 0 Å². The first-order valence-corrected chi connectivity index (χ1v) is 7.63. The zero-order valence-corrected chi connectivity index (χ0v) is 11.6. The van der Waals surface area contributed by atoms with Crippen molar-refractivity contribution in [2.45, 2.75) is 23.9 Å². The summed E-state index contributed by atoms with van der Waals surface area (Å²) < 4.78 is 1.49. The normalized spacial score (nSPS) is 14.5. The van der Waals surface area contributed by atoms with Crippen LogP contribution >= 0.6 is 23.1 Å². The van der Waals surface area contributed by atoms with Crippen molar-refractivity contribution in [2.24, 2.45) is 0 Å². The van der Waals surface area contributed by atoms with Crippen molar-refractivity contribution < 1.29 is 4.79 Å². The number of thiazole rings is 1. The van der Waals surface area contributed by atoms with Gasteiger partial charge in [-0.2, -0.15) is 0 Å². The molecule has 1 saturated carbocycles. The van der Waals surface area contributed by atoms with Gasteiger partial charge in [0.2, 0.25) is 11.1 Å². The standard InChI is InChI=1S/C10H12N6OS2/c11-16-8(6-1-2-6)14-15-10(16)19-5-7(17)13-9-12-3-4-18-9/h3-4,6H,1-2,5,11H2,(H,12,13,17). The molecule has 2 aromatic rings. The van der Waals surface area contributed by atoms with Gasteiger partial charge in [0.1, 0.15) is 0 Å². The molecule has 1 fully saturated rings. The molecule has 0 radical (unpaired) electrons. The van der Waals surface area contributed by atoms with Crippen molar-refractivity contribution in [3.63, 3.8) is 0 Å². The van der Waals surface area contributed by atoms with Gasteiger partial charge >= 0.3 is 0 Å². The summed E-state index contributed by atoms with van der Waals surface area (Å²) in [5.74, 6) is 7.25.